The maximum atomic E-state index is 8.24. The van der Waals surface area contributed by atoms with E-state index in [9.17, 15) is 0 Å². The lowest BCUT2D eigenvalue weighted by molar-refractivity contribution is 0.913. The first-order chi connectivity index (χ1) is 4.83. The molecule has 0 aliphatic heterocycles. The highest BCUT2D eigenvalue weighted by molar-refractivity contribution is 4.99. The first-order valence-electron chi connectivity index (χ1n) is 3.20. The fourth-order valence-electron chi connectivity index (χ4n) is 0.768. The van der Waals surface area contributed by atoms with Gasteiger partial charge >= 0.3 is 0 Å². The van der Waals surface area contributed by atoms with Gasteiger partial charge in [0.25, 0.3) is 0 Å². The van der Waals surface area contributed by atoms with Gasteiger partial charge in [-0.15, -0.1) is 0 Å². The van der Waals surface area contributed by atoms with Crippen molar-refractivity contribution in [2.24, 2.45) is 0 Å². The summed E-state index contributed by atoms with van der Waals surface area (Å²) < 4.78 is 0. The molecular weight excluding hydrogens is 126 g/mol. The lowest BCUT2D eigenvalue weighted by Gasteiger charge is -1.86. The van der Waals surface area contributed by atoms with Crippen molar-refractivity contribution >= 4 is 0 Å². The smallest absolute Gasteiger partial charge is 0.107 e. The molecule has 0 saturated heterocycles. The monoisotopic (exact) mass is 135 g/mol. The maximum absolute atomic E-state index is 8.24. The number of nitriles is 1. The molecule has 1 aromatic rings. The van der Waals surface area contributed by atoms with E-state index in [0.717, 1.165) is 17.9 Å². The van der Waals surface area contributed by atoms with Crippen LogP contribution in [-0.2, 0) is 6.42 Å². The normalized spacial score (nSPS) is 9.20. The van der Waals surface area contributed by atoms with E-state index in [2.05, 4.69) is 16.0 Å². The second-order valence-electron chi connectivity index (χ2n) is 2.17. The molecule has 52 valence electrons. The Kier molecular flexibility index (Phi) is 2.06. The molecule has 0 aliphatic rings. The standard InChI is InChI=1S/C7H9N3/c1-6-5-9-7(10-6)3-2-4-8/h5H,2-3H2,1H3,(H,9,10). The average molecular weight is 135 g/mol. The van der Waals surface area contributed by atoms with Crippen LogP contribution in [0.3, 0.4) is 0 Å². The summed E-state index contributed by atoms with van der Waals surface area (Å²) in [6.07, 6.45) is 3.03. The number of aromatic amines is 1. The molecule has 1 heterocycles. The van der Waals surface area contributed by atoms with Crippen molar-refractivity contribution in [3.05, 3.63) is 17.7 Å². The highest BCUT2D eigenvalue weighted by atomic mass is 14.9. The average Bonchev–Trinajstić information content (AvgIpc) is 2.31. The molecule has 0 saturated carbocycles. The zero-order valence-corrected chi connectivity index (χ0v) is 5.89. The zero-order valence-electron chi connectivity index (χ0n) is 5.89. The molecule has 10 heavy (non-hydrogen) atoms. The molecule has 3 nitrogen and oxygen atoms in total. The Hall–Kier alpha value is -1.30. The van der Waals surface area contributed by atoms with Crippen LogP contribution in [0.5, 0.6) is 0 Å². The molecule has 0 amide bonds. The first-order valence-corrected chi connectivity index (χ1v) is 3.20. The van der Waals surface area contributed by atoms with Crippen LogP contribution < -0.4 is 0 Å². The van der Waals surface area contributed by atoms with E-state index in [4.69, 9.17) is 5.26 Å². The number of nitrogens with zero attached hydrogens (tertiary/aromatic N) is 2. The number of hydrogen-bond donors (Lipinski definition) is 1. The van der Waals surface area contributed by atoms with Crippen LogP contribution in [0.2, 0.25) is 0 Å². The summed E-state index contributed by atoms with van der Waals surface area (Å²) >= 11 is 0. The van der Waals surface area contributed by atoms with Gasteiger partial charge in [0.2, 0.25) is 0 Å². The van der Waals surface area contributed by atoms with Crippen LogP contribution in [0.1, 0.15) is 17.9 Å². The molecule has 1 N–H and O–H groups in total. The van der Waals surface area contributed by atoms with Gasteiger partial charge in [-0.3, -0.25) is 0 Å². The Morgan fingerprint density at radius 3 is 3.10 bits per heavy atom. The Bertz CT molecular complexity index is 244. The molecule has 0 bridgehead atoms. The van der Waals surface area contributed by atoms with Crippen molar-refractivity contribution in [2.45, 2.75) is 19.8 Å². The Balaban J connectivity index is 2.52. The van der Waals surface area contributed by atoms with Gasteiger partial charge in [-0.2, -0.15) is 5.26 Å². The summed E-state index contributed by atoms with van der Waals surface area (Å²) in [5, 5.41) is 8.24. The van der Waals surface area contributed by atoms with Crippen LogP contribution in [-0.4, -0.2) is 9.97 Å². The molecule has 1 rings (SSSR count). The van der Waals surface area contributed by atoms with Crippen LogP contribution in [0.4, 0.5) is 0 Å². The number of aromatic nitrogens is 2. The van der Waals surface area contributed by atoms with Gasteiger partial charge < -0.3 is 4.98 Å². The minimum Gasteiger partial charge on any atom is -0.346 e. The third-order valence-corrected chi connectivity index (χ3v) is 1.23. The second kappa shape index (κ2) is 3.02. The second-order valence-corrected chi connectivity index (χ2v) is 2.17. The van der Waals surface area contributed by atoms with Crippen molar-refractivity contribution in [2.75, 3.05) is 0 Å². The number of imidazole rings is 1. The summed E-state index contributed by atoms with van der Waals surface area (Å²) in [5.74, 6) is 0.902. The first kappa shape index (κ1) is 6.81. The topological polar surface area (TPSA) is 52.5 Å². The van der Waals surface area contributed by atoms with Crippen LogP contribution in [0, 0.1) is 18.3 Å². The van der Waals surface area contributed by atoms with Gasteiger partial charge in [0.05, 0.1) is 6.07 Å². The van der Waals surface area contributed by atoms with Gasteiger partial charge in [0, 0.05) is 24.7 Å². The third-order valence-electron chi connectivity index (χ3n) is 1.23. The predicted molar refractivity (Wildman–Crippen MR) is 37.3 cm³/mol. The number of aryl methyl sites for hydroxylation is 2. The number of nitrogens with one attached hydrogen (secondary N) is 1. The lowest BCUT2D eigenvalue weighted by Crippen LogP contribution is -1.85. The van der Waals surface area contributed by atoms with Gasteiger partial charge in [0.15, 0.2) is 0 Å². The number of H-pyrrole nitrogens is 1. The lowest BCUT2D eigenvalue weighted by atomic mass is 10.3. The molecular formula is C7H9N3. The van der Waals surface area contributed by atoms with E-state index < -0.39 is 0 Å². The molecule has 0 aliphatic carbocycles. The minimum atomic E-state index is 0.535. The highest BCUT2D eigenvalue weighted by Crippen LogP contribution is 1.97. The highest BCUT2D eigenvalue weighted by Gasteiger charge is 1.94. The van der Waals surface area contributed by atoms with Crippen molar-refractivity contribution in [1.82, 2.24) is 9.97 Å². The number of rotatable bonds is 2. The Morgan fingerprint density at radius 2 is 2.60 bits per heavy atom. The molecule has 3 heteroatoms. The summed E-state index contributed by atoms with van der Waals surface area (Å²) in [6, 6.07) is 2.07. The quantitative estimate of drug-likeness (QED) is 0.661. The summed E-state index contributed by atoms with van der Waals surface area (Å²) in [7, 11) is 0. The molecule has 0 spiro atoms. The van der Waals surface area contributed by atoms with Crippen molar-refractivity contribution in [1.29, 1.82) is 5.26 Å². The SMILES string of the molecule is Cc1cnc(CCC#N)[nH]1. The zero-order chi connectivity index (χ0) is 7.40. The van der Waals surface area contributed by atoms with Gasteiger partial charge in [-0.05, 0) is 6.92 Å². The molecule has 0 aromatic carbocycles. The molecule has 0 unspecified atom stereocenters. The molecule has 0 atom stereocenters. The van der Waals surface area contributed by atoms with E-state index in [1.807, 2.05) is 6.92 Å². The third kappa shape index (κ3) is 1.59. The van der Waals surface area contributed by atoms with E-state index in [0.29, 0.717) is 6.42 Å². The maximum Gasteiger partial charge on any atom is 0.107 e. The fraction of sp³-hybridized carbons (Fsp3) is 0.429. The predicted octanol–water partition coefficient (Wildman–Crippen LogP) is 1.17. The van der Waals surface area contributed by atoms with E-state index in [-0.39, 0.29) is 0 Å². The number of hydrogen-bond acceptors (Lipinski definition) is 2. The van der Waals surface area contributed by atoms with Crippen LogP contribution >= 0.6 is 0 Å². The molecule has 0 fully saturated rings. The summed E-state index contributed by atoms with van der Waals surface area (Å²) in [4.78, 5) is 7.10. The summed E-state index contributed by atoms with van der Waals surface area (Å²) in [5.41, 5.74) is 1.05. The van der Waals surface area contributed by atoms with Crippen LogP contribution in [0.15, 0.2) is 6.20 Å². The minimum absolute atomic E-state index is 0.535. The summed E-state index contributed by atoms with van der Waals surface area (Å²) in [6.45, 7) is 1.95. The Labute approximate surface area is 59.7 Å². The van der Waals surface area contributed by atoms with E-state index >= 15 is 0 Å². The molecule has 0 radical (unpaired) electrons. The van der Waals surface area contributed by atoms with Crippen LogP contribution in [0.25, 0.3) is 0 Å². The van der Waals surface area contributed by atoms with Gasteiger partial charge in [-0.1, -0.05) is 0 Å². The van der Waals surface area contributed by atoms with E-state index in [1.54, 1.807) is 6.20 Å². The molecule has 1 aromatic heterocycles. The largest absolute Gasteiger partial charge is 0.346 e. The van der Waals surface area contributed by atoms with Crippen molar-refractivity contribution in [3.63, 3.8) is 0 Å². The fourth-order valence-corrected chi connectivity index (χ4v) is 0.768. The van der Waals surface area contributed by atoms with Crippen molar-refractivity contribution < 1.29 is 0 Å². The van der Waals surface area contributed by atoms with E-state index in [1.165, 1.54) is 0 Å². The van der Waals surface area contributed by atoms with Gasteiger partial charge in [0.1, 0.15) is 5.82 Å². The van der Waals surface area contributed by atoms with Crippen molar-refractivity contribution in [3.8, 4) is 6.07 Å². The Morgan fingerprint density at radius 1 is 1.80 bits per heavy atom. The van der Waals surface area contributed by atoms with Gasteiger partial charge in [-0.25, -0.2) is 4.98 Å².